The van der Waals surface area contributed by atoms with E-state index in [1.807, 2.05) is 0 Å². The van der Waals surface area contributed by atoms with Crippen molar-refractivity contribution in [3.8, 4) is 0 Å². The largest absolute Gasteiger partial charge is 0.309 e. The minimum Gasteiger partial charge on any atom is -0.309 e. The van der Waals surface area contributed by atoms with E-state index >= 15 is 0 Å². The van der Waals surface area contributed by atoms with Crippen molar-refractivity contribution < 1.29 is 8.42 Å². The fourth-order valence-electron chi connectivity index (χ4n) is 1.82. The maximum Gasteiger partial charge on any atom is 0.238 e. The number of benzene rings is 2. The molecule has 0 spiro atoms. The Hall–Kier alpha value is -1.11. The lowest BCUT2D eigenvalue weighted by atomic mass is 10.2. The Labute approximate surface area is 133 Å². The summed E-state index contributed by atoms with van der Waals surface area (Å²) in [6.07, 6.45) is 0. The molecule has 112 valence electrons. The highest BCUT2D eigenvalue weighted by molar-refractivity contribution is 7.89. The van der Waals surface area contributed by atoms with Crippen molar-refractivity contribution in [2.24, 2.45) is 5.14 Å². The normalized spacial score (nSPS) is 11.6. The van der Waals surface area contributed by atoms with Gasteiger partial charge >= 0.3 is 0 Å². The number of nitrogens with two attached hydrogens (primary N) is 1. The minimum absolute atomic E-state index is 0.101. The molecule has 0 aliphatic rings. The highest BCUT2D eigenvalue weighted by Crippen LogP contribution is 2.20. The minimum atomic E-state index is -3.65. The fourth-order valence-corrected chi connectivity index (χ4v) is 2.71. The molecule has 3 N–H and O–H groups in total. The highest BCUT2D eigenvalue weighted by Gasteiger charge is 2.06. The van der Waals surface area contributed by atoms with Crippen LogP contribution < -0.4 is 10.5 Å². The van der Waals surface area contributed by atoms with Gasteiger partial charge in [-0.15, -0.1) is 0 Å². The molecule has 2 rings (SSSR count). The van der Waals surface area contributed by atoms with Crippen LogP contribution in [0.25, 0.3) is 0 Å². The molecule has 0 aliphatic carbocycles. The molecule has 2 aromatic rings. The average molecular weight is 345 g/mol. The number of hydrogen-bond donors (Lipinski definition) is 2. The monoisotopic (exact) mass is 344 g/mol. The zero-order valence-corrected chi connectivity index (χ0v) is 13.3. The van der Waals surface area contributed by atoms with E-state index in [2.05, 4.69) is 5.32 Å². The standard InChI is InChI=1S/C14H14Cl2N2O2S/c15-12-3-6-14(16)11(7-12)9-18-8-10-1-4-13(5-2-10)21(17,19)20/h1-7,18H,8-9H2,(H2,17,19,20). The summed E-state index contributed by atoms with van der Waals surface area (Å²) < 4.78 is 22.3. The molecule has 0 aliphatic heterocycles. The van der Waals surface area contributed by atoms with Gasteiger partial charge in [0, 0.05) is 23.1 Å². The first-order valence-corrected chi connectivity index (χ1v) is 8.43. The molecule has 0 heterocycles. The van der Waals surface area contributed by atoms with Gasteiger partial charge in [-0.05, 0) is 41.5 Å². The lowest BCUT2D eigenvalue weighted by Gasteiger charge is -2.08. The average Bonchev–Trinajstić information content (AvgIpc) is 2.42. The Balaban J connectivity index is 1.96. The van der Waals surface area contributed by atoms with Crippen molar-refractivity contribution in [1.29, 1.82) is 0 Å². The second-order valence-corrected chi connectivity index (χ2v) is 6.93. The molecule has 0 saturated carbocycles. The fraction of sp³-hybridized carbons (Fsp3) is 0.143. The van der Waals surface area contributed by atoms with E-state index in [0.717, 1.165) is 11.1 Å². The topological polar surface area (TPSA) is 72.2 Å². The van der Waals surface area contributed by atoms with E-state index in [9.17, 15) is 8.42 Å². The van der Waals surface area contributed by atoms with Crippen LogP contribution in [0.4, 0.5) is 0 Å². The zero-order valence-electron chi connectivity index (χ0n) is 11.0. The van der Waals surface area contributed by atoms with Crippen molar-refractivity contribution in [3.05, 3.63) is 63.6 Å². The van der Waals surface area contributed by atoms with Crippen LogP contribution in [0, 0.1) is 0 Å². The summed E-state index contributed by atoms with van der Waals surface area (Å²) in [7, 11) is -3.65. The van der Waals surface area contributed by atoms with E-state index in [1.54, 1.807) is 30.3 Å². The third-order valence-corrected chi connectivity index (χ3v) is 4.44. The summed E-state index contributed by atoms with van der Waals surface area (Å²) in [4.78, 5) is 0.101. The smallest absolute Gasteiger partial charge is 0.238 e. The first-order valence-electron chi connectivity index (χ1n) is 6.12. The van der Waals surface area contributed by atoms with E-state index in [0.29, 0.717) is 23.1 Å². The molecule has 7 heteroatoms. The van der Waals surface area contributed by atoms with Crippen LogP contribution in [0.15, 0.2) is 47.4 Å². The number of rotatable bonds is 5. The van der Waals surface area contributed by atoms with E-state index in [1.165, 1.54) is 12.1 Å². The van der Waals surface area contributed by atoms with Gasteiger partial charge in [0.05, 0.1) is 4.90 Å². The molecule has 21 heavy (non-hydrogen) atoms. The van der Waals surface area contributed by atoms with Crippen molar-refractivity contribution in [1.82, 2.24) is 5.32 Å². The van der Waals surface area contributed by atoms with Crippen LogP contribution in [-0.2, 0) is 23.1 Å². The Morgan fingerprint density at radius 3 is 2.29 bits per heavy atom. The van der Waals surface area contributed by atoms with Crippen LogP contribution in [0.5, 0.6) is 0 Å². The predicted molar refractivity (Wildman–Crippen MR) is 84.8 cm³/mol. The molecule has 4 nitrogen and oxygen atoms in total. The number of sulfonamides is 1. The third-order valence-electron chi connectivity index (χ3n) is 2.90. The van der Waals surface area contributed by atoms with Crippen molar-refractivity contribution in [2.75, 3.05) is 0 Å². The molecule has 0 bridgehead atoms. The molecule has 2 aromatic carbocycles. The van der Waals surface area contributed by atoms with Gasteiger partial charge in [0.15, 0.2) is 0 Å². The Morgan fingerprint density at radius 1 is 1.00 bits per heavy atom. The molecule has 0 saturated heterocycles. The van der Waals surface area contributed by atoms with Crippen LogP contribution in [-0.4, -0.2) is 8.42 Å². The molecular formula is C14H14Cl2N2O2S. The summed E-state index contributed by atoms with van der Waals surface area (Å²) in [5.41, 5.74) is 1.85. The third kappa shape index (κ3) is 4.69. The van der Waals surface area contributed by atoms with Crippen LogP contribution >= 0.6 is 23.2 Å². The van der Waals surface area contributed by atoms with Crippen molar-refractivity contribution in [3.63, 3.8) is 0 Å². The maximum atomic E-state index is 11.1. The number of nitrogens with one attached hydrogen (secondary N) is 1. The molecular weight excluding hydrogens is 331 g/mol. The van der Waals surface area contributed by atoms with Gasteiger partial charge in [-0.1, -0.05) is 35.3 Å². The van der Waals surface area contributed by atoms with Crippen LogP contribution in [0.2, 0.25) is 10.0 Å². The predicted octanol–water partition coefficient (Wildman–Crippen LogP) is 2.93. The van der Waals surface area contributed by atoms with Crippen LogP contribution in [0.1, 0.15) is 11.1 Å². The van der Waals surface area contributed by atoms with Gasteiger partial charge in [0.1, 0.15) is 0 Å². The van der Waals surface area contributed by atoms with Crippen molar-refractivity contribution >= 4 is 33.2 Å². The van der Waals surface area contributed by atoms with E-state index in [-0.39, 0.29) is 4.90 Å². The Bertz CT molecular complexity index is 731. The van der Waals surface area contributed by atoms with E-state index in [4.69, 9.17) is 28.3 Å². The first kappa shape index (κ1) is 16.3. The lowest BCUT2D eigenvalue weighted by Crippen LogP contribution is -2.14. The first-order chi connectivity index (χ1) is 9.86. The number of halogens is 2. The summed E-state index contributed by atoms with van der Waals surface area (Å²) in [5, 5.41) is 9.55. The van der Waals surface area contributed by atoms with Crippen LogP contribution in [0.3, 0.4) is 0 Å². The highest BCUT2D eigenvalue weighted by atomic mass is 35.5. The summed E-state index contributed by atoms with van der Waals surface area (Å²) in [6, 6.07) is 11.7. The molecule has 0 atom stereocenters. The second-order valence-electron chi connectivity index (χ2n) is 4.53. The summed E-state index contributed by atoms with van der Waals surface area (Å²) >= 11 is 12.0. The Morgan fingerprint density at radius 2 is 1.67 bits per heavy atom. The maximum absolute atomic E-state index is 11.1. The summed E-state index contributed by atoms with van der Waals surface area (Å²) in [5.74, 6) is 0. The van der Waals surface area contributed by atoms with Gasteiger partial charge in [0.2, 0.25) is 10.0 Å². The van der Waals surface area contributed by atoms with Gasteiger partial charge in [-0.3, -0.25) is 0 Å². The van der Waals surface area contributed by atoms with Gasteiger partial charge in [-0.2, -0.15) is 0 Å². The second kappa shape index (κ2) is 6.77. The van der Waals surface area contributed by atoms with Crippen molar-refractivity contribution in [2.45, 2.75) is 18.0 Å². The quantitative estimate of drug-likeness (QED) is 0.875. The van der Waals surface area contributed by atoms with Gasteiger partial charge in [0.25, 0.3) is 0 Å². The molecule has 0 aromatic heterocycles. The summed E-state index contributed by atoms with van der Waals surface area (Å²) in [6.45, 7) is 1.14. The Kier molecular flexibility index (Phi) is 5.24. The van der Waals surface area contributed by atoms with E-state index < -0.39 is 10.0 Å². The number of primary sulfonamides is 1. The molecule has 0 amide bonds. The van der Waals surface area contributed by atoms with Gasteiger partial charge < -0.3 is 5.32 Å². The molecule has 0 unspecified atom stereocenters. The number of hydrogen-bond acceptors (Lipinski definition) is 3. The van der Waals surface area contributed by atoms with Gasteiger partial charge in [-0.25, -0.2) is 13.6 Å². The zero-order chi connectivity index (χ0) is 15.5. The lowest BCUT2D eigenvalue weighted by molar-refractivity contribution is 0.597. The molecule has 0 fully saturated rings. The SMILES string of the molecule is NS(=O)(=O)c1ccc(CNCc2cc(Cl)ccc2Cl)cc1. The molecule has 0 radical (unpaired) electrons.